The zero-order chi connectivity index (χ0) is 14.8. The summed E-state index contributed by atoms with van der Waals surface area (Å²) in [5.41, 5.74) is 0.954. The second kappa shape index (κ2) is 5.80. The van der Waals surface area contributed by atoms with E-state index in [1.165, 1.54) is 0 Å². The summed E-state index contributed by atoms with van der Waals surface area (Å²) in [6, 6.07) is 0. The number of Topliss-reactive ketones (excluding diaryl/α,β-unsaturated/α-hetero) is 2. The Balaban J connectivity index is 2.90. The van der Waals surface area contributed by atoms with Crippen LogP contribution in [0, 0.1) is 0 Å². The minimum Gasteiger partial charge on any atom is -0.396 e. The number of rotatable bonds is 5. The van der Waals surface area contributed by atoms with Crippen molar-refractivity contribution in [1.82, 2.24) is 0 Å². The topological polar surface area (TPSA) is 74.6 Å². The van der Waals surface area contributed by atoms with E-state index in [0.717, 1.165) is 0 Å². The molecule has 0 unspecified atom stereocenters. The predicted octanol–water partition coefficient (Wildman–Crippen LogP) is 1.70. The summed E-state index contributed by atoms with van der Waals surface area (Å²) in [6.07, 6.45) is 0.967. The van der Waals surface area contributed by atoms with Gasteiger partial charge in [-0.1, -0.05) is 0 Å². The number of allylic oxidation sites excluding steroid dienone is 4. The van der Waals surface area contributed by atoms with Crippen LogP contribution in [0.4, 0.5) is 0 Å². The lowest BCUT2D eigenvalue weighted by Crippen LogP contribution is -2.27. The Morgan fingerprint density at radius 2 is 1.47 bits per heavy atom. The number of hydrogen-bond donors (Lipinski definition) is 2. The first kappa shape index (κ1) is 15.8. The number of carbonyl (C=O) groups excluding carboxylic acids is 2. The van der Waals surface area contributed by atoms with E-state index in [1.54, 1.807) is 27.7 Å². The van der Waals surface area contributed by atoms with Gasteiger partial charge in [0.05, 0.1) is 5.60 Å². The monoisotopic (exact) mass is 266 g/mol. The van der Waals surface area contributed by atoms with Gasteiger partial charge in [0.15, 0.2) is 11.6 Å². The van der Waals surface area contributed by atoms with Crippen LogP contribution >= 0.6 is 0 Å². The Labute approximate surface area is 113 Å². The van der Waals surface area contributed by atoms with Gasteiger partial charge < -0.3 is 10.2 Å². The minimum atomic E-state index is -1.02. The first-order valence-corrected chi connectivity index (χ1v) is 6.51. The fourth-order valence-electron chi connectivity index (χ4n) is 2.22. The van der Waals surface area contributed by atoms with Gasteiger partial charge in [-0.25, -0.2) is 0 Å². The lowest BCUT2D eigenvalue weighted by atomic mass is 9.82. The highest BCUT2D eigenvalue weighted by molar-refractivity contribution is 6.24. The lowest BCUT2D eigenvalue weighted by Gasteiger charge is -2.24. The molecule has 1 rings (SSSR count). The molecule has 0 spiro atoms. The smallest absolute Gasteiger partial charge is 0.185 e. The third-order valence-corrected chi connectivity index (χ3v) is 3.87. The van der Waals surface area contributed by atoms with Crippen LogP contribution in [0.1, 0.15) is 47.0 Å². The maximum absolute atomic E-state index is 12.2. The van der Waals surface area contributed by atoms with Crippen LogP contribution in [-0.2, 0) is 9.59 Å². The molecule has 1 aliphatic rings. The van der Waals surface area contributed by atoms with E-state index in [0.29, 0.717) is 35.1 Å². The van der Waals surface area contributed by atoms with E-state index in [-0.39, 0.29) is 24.6 Å². The molecule has 0 aromatic carbocycles. The maximum Gasteiger partial charge on any atom is 0.185 e. The molecule has 0 amide bonds. The first-order chi connectivity index (χ1) is 8.71. The van der Waals surface area contributed by atoms with Gasteiger partial charge in [-0.3, -0.25) is 9.59 Å². The average molecular weight is 266 g/mol. The molecule has 0 aromatic heterocycles. The molecule has 0 fully saturated rings. The molecule has 106 valence electrons. The summed E-state index contributed by atoms with van der Waals surface area (Å²) in [4.78, 5) is 24.1. The van der Waals surface area contributed by atoms with Crippen molar-refractivity contribution in [3.05, 3.63) is 22.3 Å². The molecule has 1 aliphatic carbocycles. The Kier molecular flexibility index (Phi) is 4.82. The van der Waals surface area contributed by atoms with Crippen LogP contribution < -0.4 is 0 Å². The fourth-order valence-corrected chi connectivity index (χ4v) is 2.22. The van der Waals surface area contributed by atoms with Crippen LogP contribution in [0.5, 0.6) is 0 Å². The van der Waals surface area contributed by atoms with Crippen molar-refractivity contribution in [1.29, 1.82) is 0 Å². The predicted molar refractivity (Wildman–Crippen MR) is 72.6 cm³/mol. The van der Waals surface area contributed by atoms with Crippen LogP contribution in [0.15, 0.2) is 22.3 Å². The Bertz CT molecular complexity index is 467. The first-order valence-electron chi connectivity index (χ1n) is 6.51. The Morgan fingerprint density at radius 3 is 2.00 bits per heavy atom. The van der Waals surface area contributed by atoms with Gasteiger partial charge in [-0.15, -0.1) is 0 Å². The highest BCUT2D eigenvalue weighted by Gasteiger charge is 2.29. The van der Waals surface area contributed by atoms with E-state index >= 15 is 0 Å². The van der Waals surface area contributed by atoms with Crippen LogP contribution in [0.2, 0.25) is 0 Å². The number of ketones is 2. The number of aliphatic hydroxyl groups excluding tert-OH is 1. The largest absolute Gasteiger partial charge is 0.396 e. The number of aliphatic hydroxyl groups is 2. The van der Waals surface area contributed by atoms with Crippen molar-refractivity contribution in [2.24, 2.45) is 0 Å². The summed E-state index contributed by atoms with van der Waals surface area (Å²) >= 11 is 0. The summed E-state index contributed by atoms with van der Waals surface area (Å²) in [6.45, 7) is 6.51. The third-order valence-electron chi connectivity index (χ3n) is 3.87. The van der Waals surface area contributed by atoms with Crippen LogP contribution in [0.3, 0.4) is 0 Å². The molecule has 0 aliphatic heterocycles. The van der Waals surface area contributed by atoms with Crippen LogP contribution in [-0.4, -0.2) is 34.0 Å². The SMILES string of the molecule is CC1=C(C)C(=O)C(CC[C@](C)(O)CCO)=C(C)C1=O. The Hall–Kier alpha value is -1.26. The molecular formula is C15H22O4. The summed E-state index contributed by atoms with van der Waals surface area (Å²) in [7, 11) is 0. The highest BCUT2D eigenvalue weighted by Crippen LogP contribution is 2.29. The average Bonchev–Trinajstić information content (AvgIpc) is 2.34. The normalized spacial score (nSPS) is 20.1. The van der Waals surface area contributed by atoms with Gasteiger partial charge in [-0.05, 0) is 47.0 Å². The van der Waals surface area contributed by atoms with Crippen molar-refractivity contribution in [3.8, 4) is 0 Å². The van der Waals surface area contributed by atoms with Crippen LogP contribution in [0.25, 0.3) is 0 Å². The second-order valence-corrected chi connectivity index (χ2v) is 5.48. The minimum absolute atomic E-state index is 0.0890. The molecule has 0 radical (unpaired) electrons. The fraction of sp³-hybridized carbons (Fsp3) is 0.600. The molecule has 19 heavy (non-hydrogen) atoms. The van der Waals surface area contributed by atoms with Crippen molar-refractivity contribution < 1.29 is 19.8 Å². The van der Waals surface area contributed by atoms with Gasteiger partial charge in [0.2, 0.25) is 0 Å². The highest BCUT2D eigenvalue weighted by atomic mass is 16.3. The molecule has 1 atom stereocenters. The molecule has 0 bridgehead atoms. The summed E-state index contributed by atoms with van der Waals surface area (Å²) in [5, 5.41) is 18.9. The molecular weight excluding hydrogens is 244 g/mol. The van der Waals surface area contributed by atoms with E-state index < -0.39 is 5.60 Å². The van der Waals surface area contributed by atoms with Crippen molar-refractivity contribution in [2.45, 2.75) is 52.6 Å². The zero-order valence-electron chi connectivity index (χ0n) is 12.0. The molecule has 0 aromatic rings. The van der Waals surface area contributed by atoms with E-state index in [4.69, 9.17) is 5.11 Å². The number of hydrogen-bond acceptors (Lipinski definition) is 4. The van der Waals surface area contributed by atoms with Crippen molar-refractivity contribution in [2.75, 3.05) is 6.61 Å². The zero-order valence-corrected chi connectivity index (χ0v) is 12.0. The standard InChI is InChI=1S/C15H22O4/c1-9-10(2)14(18)12(11(3)13(9)17)5-6-15(4,19)7-8-16/h16,19H,5-8H2,1-4H3/t15-/m0/s1. The van der Waals surface area contributed by atoms with Gasteiger partial charge >= 0.3 is 0 Å². The van der Waals surface area contributed by atoms with Gasteiger partial charge in [-0.2, -0.15) is 0 Å². The van der Waals surface area contributed by atoms with E-state index in [9.17, 15) is 14.7 Å². The maximum atomic E-state index is 12.2. The summed E-state index contributed by atoms with van der Waals surface area (Å²) < 4.78 is 0. The van der Waals surface area contributed by atoms with Crippen molar-refractivity contribution in [3.63, 3.8) is 0 Å². The molecule has 0 saturated heterocycles. The van der Waals surface area contributed by atoms with Crippen molar-refractivity contribution >= 4 is 11.6 Å². The summed E-state index contributed by atoms with van der Waals surface area (Å²) in [5.74, 6) is -0.191. The quantitative estimate of drug-likeness (QED) is 0.743. The molecule has 0 heterocycles. The molecule has 4 heteroatoms. The molecule has 4 nitrogen and oxygen atoms in total. The van der Waals surface area contributed by atoms with Gasteiger partial charge in [0, 0.05) is 28.9 Å². The Morgan fingerprint density at radius 1 is 0.947 bits per heavy atom. The lowest BCUT2D eigenvalue weighted by molar-refractivity contribution is -0.116. The molecule has 2 N–H and O–H groups in total. The third kappa shape index (κ3) is 3.39. The number of carbonyl (C=O) groups is 2. The second-order valence-electron chi connectivity index (χ2n) is 5.48. The molecule has 0 saturated carbocycles. The van der Waals surface area contributed by atoms with E-state index in [1.807, 2.05) is 0 Å². The van der Waals surface area contributed by atoms with Gasteiger partial charge in [0.25, 0.3) is 0 Å². The van der Waals surface area contributed by atoms with Gasteiger partial charge in [0.1, 0.15) is 0 Å². The van der Waals surface area contributed by atoms with E-state index in [2.05, 4.69) is 0 Å².